The van der Waals surface area contributed by atoms with Gasteiger partial charge in [-0.1, -0.05) is 54.4 Å². The van der Waals surface area contributed by atoms with E-state index >= 15 is 0 Å². The molecule has 104 valence electrons. The molecule has 0 aliphatic heterocycles. The van der Waals surface area contributed by atoms with Crippen molar-refractivity contribution in [3.8, 4) is 0 Å². The van der Waals surface area contributed by atoms with Crippen molar-refractivity contribution in [3.05, 3.63) is 35.9 Å². The molecule has 0 radical (unpaired) electrons. The van der Waals surface area contributed by atoms with Gasteiger partial charge in [0.25, 0.3) is 0 Å². The Hall–Kier alpha value is -2.24. The summed E-state index contributed by atoms with van der Waals surface area (Å²) >= 11 is 0. The molecule has 6 heteroatoms. The standard InChI is InChI=1S/C11H16.C2H2N2O4/c1-3-10(4-2)11-8-6-5-7-9-11;5-1(6)3-4-2(7)8/h5-10H,3-4H2,1-2H3;(H,5,6)(H,7,8). The maximum absolute atomic E-state index is 9.38. The summed E-state index contributed by atoms with van der Waals surface area (Å²) in [5, 5.41) is 19.8. The van der Waals surface area contributed by atoms with Crippen LogP contribution in [0.4, 0.5) is 9.59 Å². The molecule has 0 saturated heterocycles. The van der Waals surface area contributed by atoms with Crippen LogP contribution in [0.3, 0.4) is 0 Å². The van der Waals surface area contributed by atoms with Crippen LogP contribution < -0.4 is 0 Å². The quantitative estimate of drug-likeness (QED) is 0.792. The predicted octanol–water partition coefficient (Wildman–Crippen LogP) is 4.38. The molecule has 0 saturated carbocycles. The Balaban J connectivity index is 0.000000362. The summed E-state index contributed by atoms with van der Waals surface area (Å²) < 4.78 is 0. The average Bonchev–Trinajstić information content (AvgIpc) is 2.40. The summed E-state index contributed by atoms with van der Waals surface area (Å²) in [5.41, 5.74) is 1.48. The van der Waals surface area contributed by atoms with Crippen LogP contribution in [0.25, 0.3) is 0 Å². The molecular formula is C13H18N2O4. The maximum atomic E-state index is 9.38. The minimum atomic E-state index is -1.62. The van der Waals surface area contributed by atoms with E-state index in [1.165, 1.54) is 18.4 Å². The number of rotatable bonds is 3. The van der Waals surface area contributed by atoms with Crippen LogP contribution in [0.15, 0.2) is 40.6 Å². The highest BCUT2D eigenvalue weighted by Gasteiger charge is 2.03. The molecule has 0 spiro atoms. The SMILES string of the molecule is CCC(CC)c1ccccc1.O=C(O)N=NC(=O)O. The molecule has 0 aliphatic carbocycles. The molecule has 0 fully saturated rings. The fourth-order valence-corrected chi connectivity index (χ4v) is 1.57. The van der Waals surface area contributed by atoms with Gasteiger partial charge in [-0.05, 0) is 24.3 Å². The van der Waals surface area contributed by atoms with Crippen molar-refractivity contribution in [2.75, 3.05) is 0 Å². The fraction of sp³-hybridized carbons (Fsp3) is 0.385. The van der Waals surface area contributed by atoms with E-state index in [4.69, 9.17) is 10.2 Å². The van der Waals surface area contributed by atoms with E-state index in [0.29, 0.717) is 0 Å². The third kappa shape index (κ3) is 8.48. The van der Waals surface area contributed by atoms with Gasteiger partial charge in [-0.2, -0.15) is 0 Å². The number of azo groups is 1. The van der Waals surface area contributed by atoms with Crippen molar-refractivity contribution >= 4 is 12.2 Å². The summed E-state index contributed by atoms with van der Waals surface area (Å²) in [6.07, 6.45) is -0.735. The first kappa shape index (κ1) is 16.8. The van der Waals surface area contributed by atoms with E-state index in [0.717, 1.165) is 5.92 Å². The lowest BCUT2D eigenvalue weighted by atomic mass is 9.94. The first-order valence-corrected chi connectivity index (χ1v) is 5.93. The Bertz CT molecular complexity index is 398. The molecule has 0 unspecified atom stereocenters. The Morgan fingerprint density at radius 3 is 1.74 bits per heavy atom. The highest BCUT2D eigenvalue weighted by atomic mass is 16.4. The molecule has 0 bridgehead atoms. The van der Waals surface area contributed by atoms with Crippen molar-refractivity contribution in [3.63, 3.8) is 0 Å². The van der Waals surface area contributed by atoms with Crippen molar-refractivity contribution in [1.82, 2.24) is 0 Å². The van der Waals surface area contributed by atoms with E-state index < -0.39 is 12.2 Å². The number of hydrogen-bond acceptors (Lipinski definition) is 2. The van der Waals surface area contributed by atoms with Crippen LogP contribution in [0, 0.1) is 0 Å². The van der Waals surface area contributed by atoms with Crippen LogP contribution in [0.2, 0.25) is 0 Å². The first-order valence-electron chi connectivity index (χ1n) is 5.93. The van der Waals surface area contributed by atoms with Crippen LogP contribution >= 0.6 is 0 Å². The zero-order valence-corrected chi connectivity index (χ0v) is 11.0. The Morgan fingerprint density at radius 1 is 1.00 bits per heavy atom. The first-order chi connectivity index (χ1) is 9.01. The third-order valence-corrected chi connectivity index (χ3v) is 2.48. The topological polar surface area (TPSA) is 99.3 Å². The normalized spacial score (nSPS) is 10.1. The highest BCUT2D eigenvalue weighted by Crippen LogP contribution is 2.21. The number of hydrogen-bond donors (Lipinski definition) is 2. The van der Waals surface area contributed by atoms with Gasteiger partial charge in [0.05, 0.1) is 0 Å². The molecule has 19 heavy (non-hydrogen) atoms. The summed E-state index contributed by atoms with van der Waals surface area (Å²) in [5.74, 6) is 0.760. The molecule has 0 aromatic heterocycles. The molecule has 2 N–H and O–H groups in total. The van der Waals surface area contributed by atoms with Gasteiger partial charge in [0.15, 0.2) is 0 Å². The van der Waals surface area contributed by atoms with Crippen molar-refractivity contribution < 1.29 is 19.8 Å². The van der Waals surface area contributed by atoms with Crippen LogP contribution in [0.5, 0.6) is 0 Å². The summed E-state index contributed by atoms with van der Waals surface area (Å²) in [6, 6.07) is 10.8. The Morgan fingerprint density at radius 2 is 1.42 bits per heavy atom. The molecule has 0 heterocycles. The molecule has 1 rings (SSSR count). The van der Waals surface area contributed by atoms with E-state index in [1.807, 2.05) is 0 Å². The summed E-state index contributed by atoms with van der Waals surface area (Å²) in [7, 11) is 0. The second-order valence-corrected chi connectivity index (χ2v) is 3.69. The number of carbonyl (C=O) groups is 2. The monoisotopic (exact) mass is 266 g/mol. The molecule has 1 aromatic rings. The van der Waals surface area contributed by atoms with Crippen molar-refractivity contribution in [2.45, 2.75) is 32.6 Å². The third-order valence-electron chi connectivity index (χ3n) is 2.48. The van der Waals surface area contributed by atoms with Crippen molar-refractivity contribution in [1.29, 1.82) is 0 Å². The number of carboxylic acid groups (broad SMARTS) is 2. The molecule has 2 amide bonds. The zero-order chi connectivity index (χ0) is 14.7. The smallest absolute Gasteiger partial charge is 0.450 e. The second-order valence-electron chi connectivity index (χ2n) is 3.69. The van der Waals surface area contributed by atoms with E-state index in [2.05, 4.69) is 54.4 Å². The van der Waals surface area contributed by atoms with Gasteiger partial charge in [0, 0.05) is 0 Å². The van der Waals surface area contributed by atoms with Crippen LogP contribution in [-0.2, 0) is 0 Å². The van der Waals surface area contributed by atoms with Crippen LogP contribution in [0.1, 0.15) is 38.2 Å². The molecular weight excluding hydrogens is 248 g/mol. The van der Waals surface area contributed by atoms with Gasteiger partial charge in [0.1, 0.15) is 0 Å². The van der Waals surface area contributed by atoms with Gasteiger partial charge in [-0.25, -0.2) is 9.59 Å². The van der Waals surface area contributed by atoms with Gasteiger partial charge in [-0.15, -0.1) is 0 Å². The van der Waals surface area contributed by atoms with E-state index in [9.17, 15) is 9.59 Å². The Labute approximate surface area is 111 Å². The summed E-state index contributed by atoms with van der Waals surface area (Å²) in [4.78, 5) is 18.8. The Kier molecular flexibility index (Phi) is 8.61. The second kappa shape index (κ2) is 9.76. The van der Waals surface area contributed by atoms with Gasteiger partial charge < -0.3 is 10.2 Å². The van der Waals surface area contributed by atoms with Gasteiger partial charge in [-0.3, -0.25) is 0 Å². The number of amides is 2. The minimum Gasteiger partial charge on any atom is -0.462 e. The molecule has 0 atom stereocenters. The average molecular weight is 266 g/mol. The van der Waals surface area contributed by atoms with Gasteiger partial charge in [0.2, 0.25) is 0 Å². The van der Waals surface area contributed by atoms with Crippen LogP contribution in [-0.4, -0.2) is 22.4 Å². The zero-order valence-electron chi connectivity index (χ0n) is 11.0. The lowest BCUT2D eigenvalue weighted by molar-refractivity contribution is 0.194. The predicted molar refractivity (Wildman–Crippen MR) is 70.7 cm³/mol. The lowest BCUT2D eigenvalue weighted by Crippen LogP contribution is -1.93. The minimum absolute atomic E-state index is 0.760. The summed E-state index contributed by atoms with van der Waals surface area (Å²) in [6.45, 7) is 4.50. The van der Waals surface area contributed by atoms with E-state index in [-0.39, 0.29) is 0 Å². The fourth-order valence-electron chi connectivity index (χ4n) is 1.57. The highest BCUT2D eigenvalue weighted by molar-refractivity contribution is 5.70. The molecule has 6 nitrogen and oxygen atoms in total. The molecule has 0 aliphatic rings. The number of nitrogens with zero attached hydrogens (tertiary/aromatic N) is 2. The molecule has 1 aromatic carbocycles. The number of benzene rings is 1. The lowest BCUT2D eigenvalue weighted by Gasteiger charge is -2.11. The largest absolute Gasteiger partial charge is 0.462 e. The van der Waals surface area contributed by atoms with Crippen molar-refractivity contribution in [2.24, 2.45) is 10.2 Å². The maximum Gasteiger partial charge on any atom is 0.450 e. The van der Waals surface area contributed by atoms with E-state index in [1.54, 1.807) is 0 Å². The van der Waals surface area contributed by atoms with Gasteiger partial charge >= 0.3 is 12.2 Å².